The fraction of sp³-hybridized carbons (Fsp3) is 0.200. The summed E-state index contributed by atoms with van der Waals surface area (Å²) in [7, 11) is 1.98. The van der Waals surface area contributed by atoms with E-state index in [1.807, 2.05) is 18.0 Å². The van der Waals surface area contributed by atoms with Crippen molar-refractivity contribution in [3.63, 3.8) is 0 Å². The van der Waals surface area contributed by atoms with E-state index in [0.717, 1.165) is 16.8 Å². The molecule has 0 saturated heterocycles. The molecule has 0 bridgehead atoms. The first-order valence-electron chi connectivity index (χ1n) is 4.68. The second-order valence-corrected chi connectivity index (χ2v) is 5.16. The lowest BCUT2D eigenvalue weighted by Gasteiger charge is -2.18. The molecule has 0 aliphatic heterocycles. The Morgan fingerprint density at radius 3 is 3.00 bits per heavy atom. The number of aromatic nitrogens is 2. The van der Waals surface area contributed by atoms with Crippen LogP contribution in [0.1, 0.15) is 4.88 Å². The van der Waals surface area contributed by atoms with Crippen molar-refractivity contribution in [2.24, 2.45) is 0 Å². The SMILES string of the molecule is CN(Cc1cccs1)c1ncnc(N)c1Br. The second kappa shape index (κ2) is 4.80. The zero-order valence-electron chi connectivity index (χ0n) is 8.72. The minimum atomic E-state index is 0.461. The van der Waals surface area contributed by atoms with Crippen LogP contribution in [0.15, 0.2) is 28.3 Å². The molecule has 2 rings (SSSR count). The third kappa shape index (κ3) is 2.33. The van der Waals surface area contributed by atoms with Gasteiger partial charge in [-0.3, -0.25) is 0 Å². The highest BCUT2D eigenvalue weighted by Gasteiger charge is 2.11. The lowest BCUT2D eigenvalue weighted by Crippen LogP contribution is -2.18. The van der Waals surface area contributed by atoms with Gasteiger partial charge in [-0.2, -0.15) is 0 Å². The monoisotopic (exact) mass is 298 g/mol. The van der Waals surface area contributed by atoms with E-state index in [1.165, 1.54) is 11.2 Å². The van der Waals surface area contributed by atoms with E-state index in [0.29, 0.717) is 5.82 Å². The molecule has 0 aliphatic rings. The summed E-state index contributed by atoms with van der Waals surface area (Å²) in [4.78, 5) is 11.4. The summed E-state index contributed by atoms with van der Waals surface area (Å²) >= 11 is 5.12. The summed E-state index contributed by atoms with van der Waals surface area (Å²) in [6.07, 6.45) is 1.47. The Hall–Kier alpha value is -1.14. The van der Waals surface area contributed by atoms with Crippen molar-refractivity contribution in [2.75, 3.05) is 17.7 Å². The van der Waals surface area contributed by atoms with Crippen LogP contribution in [-0.2, 0) is 6.54 Å². The van der Waals surface area contributed by atoms with Crippen LogP contribution in [0.5, 0.6) is 0 Å². The molecule has 0 spiro atoms. The molecular formula is C10H11BrN4S. The van der Waals surface area contributed by atoms with Crippen molar-refractivity contribution in [2.45, 2.75) is 6.54 Å². The highest BCUT2D eigenvalue weighted by molar-refractivity contribution is 9.10. The van der Waals surface area contributed by atoms with E-state index in [1.54, 1.807) is 11.3 Å². The molecule has 2 aromatic rings. The van der Waals surface area contributed by atoms with Crippen LogP contribution in [0.3, 0.4) is 0 Å². The Labute approximate surface area is 106 Å². The summed E-state index contributed by atoms with van der Waals surface area (Å²) in [5.41, 5.74) is 5.71. The zero-order valence-corrected chi connectivity index (χ0v) is 11.1. The highest BCUT2D eigenvalue weighted by Crippen LogP contribution is 2.27. The minimum Gasteiger partial charge on any atom is -0.383 e. The van der Waals surface area contributed by atoms with Gasteiger partial charge in [0.25, 0.3) is 0 Å². The molecule has 0 atom stereocenters. The standard InChI is InChI=1S/C10H11BrN4S/c1-15(5-7-3-2-4-16-7)10-8(11)9(12)13-6-14-10/h2-4,6H,5H2,1H3,(H2,12,13,14). The minimum absolute atomic E-state index is 0.461. The third-order valence-electron chi connectivity index (χ3n) is 2.13. The van der Waals surface area contributed by atoms with Crippen molar-refractivity contribution in [3.8, 4) is 0 Å². The van der Waals surface area contributed by atoms with Crippen LogP contribution in [0.4, 0.5) is 11.6 Å². The van der Waals surface area contributed by atoms with E-state index in [4.69, 9.17) is 5.73 Å². The third-order valence-corrected chi connectivity index (χ3v) is 3.75. The number of rotatable bonds is 3. The van der Waals surface area contributed by atoms with Gasteiger partial charge in [0.2, 0.25) is 0 Å². The molecule has 16 heavy (non-hydrogen) atoms. The molecule has 2 heterocycles. The topological polar surface area (TPSA) is 55.0 Å². The fourth-order valence-corrected chi connectivity index (χ4v) is 2.62. The highest BCUT2D eigenvalue weighted by atomic mass is 79.9. The van der Waals surface area contributed by atoms with Crippen LogP contribution in [0.2, 0.25) is 0 Å². The van der Waals surface area contributed by atoms with Gasteiger partial charge in [0.05, 0.1) is 6.54 Å². The molecule has 0 saturated carbocycles. The quantitative estimate of drug-likeness (QED) is 0.946. The van der Waals surface area contributed by atoms with Gasteiger partial charge in [0, 0.05) is 11.9 Å². The van der Waals surface area contributed by atoms with Gasteiger partial charge in [0.1, 0.15) is 22.4 Å². The molecule has 2 aromatic heterocycles. The molecule has 2 N–H and O–H groups in total. The van der Waals surface area contributed by atoms with Crippen LogP contribution < -0.4 is 10.6 Å². The van der Waals surface area contributed by atoms with Gasteiger partial charge in [-0.15, -0.1) is 11.3 Å². The van der Waals surface area contributed by atoms with Gasteiger partial charge in [-0.1, -0.05) is 6.07 Å². The van der Waals surface area contributed by atoms with Gasteiger partial charge < -0.3 is 10.6 Å². The Kier molecular flexibility index (Phi) is 3.40. The zero-order chi connectivity index (χ0) is 11.5. The number of nitrogens with zero attached hydrogens (tertiary/aromatic N) is 3. The van der Waals surface area contributed by atoms with E-state index < -0.39 is 0 Å². The van der Waals surface area contributed by atoms with Crippen LogP contribution in [0, 0.1) is 0 Å². The maximum Gasteiger partial charge on any atom is 0.148 e. The number of nitrogens with two attached hydrogens (primary N) is 1. The lowest BCUT2D eigenvalue weighted by molar-refractivity contribution is 0.901. The van der Waals surface area contributed by atoms with Crippen molar-refractivity contribution in [3.05, 3.63) is 33.2 Å². The Morgan fingerprint density at radius 1 is 1.50 bits per heavy atom. The molecule has 84 valence electrons. The van der Waals surface area contributed by atoms with E-state index in [2.05, 4.69) is 37.3 Å². The Morgan fingerprint density at radius 2 is 2.31 bits per heavy atom. The Bertz CT molecular complexity index is 472. The van der Waals surface area contributed by atoms with Crippen LogP contribution in [-0.4, -0.2) is 17.0 Å². The fourth-order valence-electron chi connectivity index (χ4n) is 1.35. The summed E-state index contributed by atoms with van der Waals surface area (Å²) in [6.45, 7) is 0.812. The van der Waals surface area contributed by atoms with E-state index in [9.17, 15) is 0 Å². The smallest absolute Gasteiger partial charge is 0.148 e. The van der Waals surface area contributed by atoms with Crippen molar-refractivity contribution >= 4 is 38.9 Å². The normalized spacial score (nSPS) is 10.4. The number of anilines is 2. The number of halogens is 1. The van der Waals surface area contributed by atoms with E-state index >= 15 is 0 Å². The van der Waals surface area contributed by atoms with Gasteiger partial charge >= 0.3 is 0 Å². The molecule has 4 nitrogen and oxygen atoms in total. The van der Waals surface area contributed by atoms with Gasteiger partial charge in [-0.05, 0) is 27.4 Å². The van der Waals surface area contributed by atoms with Crippen LogP contribution in [0.25, 0.3) is 0 Å². The molecule has 0 aliphatic carbocycles. The molecule has 0 unspecified atom stereocenters. The first-order valence-corrected chi connectivity index (χ1v) is 6.35. The maximum atomic E-state index is 5.71. The van der Waals surface area contributed by atoms with Crippen molar-refractivity contribution in [1.82, 2.24) is 9.97 Å². The first kappa shape index (κ1) is 11.3. The van der Waals surface area contributed by atoms with Gasteiger partial charge in [-0.25, -0.2) is 9.97 Å². The number of nitrogen functional groups attached to an aromatic ring is 1. The summed E-state index contributed by atoms with van der Waals surface area (Å²) in [5, 5.41) is 2.06. The number of hydrogen-bond donors (Lipinski definition) is 1. The van der Waals surface area contributed by atoms with Crippen molar-refractivity contribution < 1.29 is 0 Å². The Balaban J connectivity index is 2.21. The summed E-state index contributed by atoms with van der Waals surface area (Å²) in [5.74, 6) is 1.27. The lowest BCUT2D eigenvalue weighted by atomic mass is 10.4. The molecule has 0 radical (unpaired) electrons. The first-order chi connectivity index (χ1) is 7.68. The maximum absolute atomic E-state index is 5.71. The largest absolute Gasteiger partial charge is 0.383 e. The molecular weight excluding hydrogens is 288 g/mol. The number of thiophene rings is 1. The molecule has 0 aromatic carbocycles. The predicted octanol–water partition coefficient (Wildman–Crippen LogP) is 2.52. The summed E-state index contributed by atoms with van der Waals surface area (Å²) in [6, 6.07) is 4.14. The summed E-state index contributed by atoms with van der Waals surface area (Å²) < 4.78 is 0.744. The second-order valence-electron chi connectivity index (χ2n) is 3.33. The van der Waals surface area contributed by atoms with Gasteiger partial charge in [0.15, 0.2) is 0 Å². The predicted molar refractivity (Wildman–Crippen MR) is 70.6 cm³/mol. The molecule has 0 fully saturated rings. The number of hydrogen-bond acceptors (Lipinski definition) is 5. The molecule has 0 amide bonds. The average Bonchev–Trinajstić information content (AvgIpc) is 2.74. The molecule has 6 heteroatoms. The average molecular weight is 299 g/mol. The van der Waals surface area contributed by atoms with E-state index in [-0.39, 0.29) is 0 Å². The van der Waals surface area contributed by atoms with Crippen LogP contribution >= 0.6 is 27.3 Å². The van der Waals surface area contributed by atoms with Crippen molar-refractivity contribution in [1.29, 1.82) is 0 Å².